The van der Waals surface area contributed by atoms with Crippen LogP contribution in [0.1, 0.15) is 53.9 Å². The molecule has 0 unspecified atom stereocenters. The summed E-state index contributed by atoms with van der Waals surface area (Å²) in [5.41, 5.74) is 1.86. The molecule has 0 spiro atoms. The number of esters is 2. The van der Waals surface area contributed by atoms with Gasteiger partial charge >= 0.3 is 11.9 Å². The van der Waals surface area contributed by atoms with Gasteiger partial charge in [0.2, 0.25) is 0 Å². The van der Waals surface area contributed by atoms with E-state index in [-0.39, 0.29) is 34.5 Å². The number of aryl methyl sites for hydroxylation is 1. The van der Waals surface area contributed by atoms with Gasteiger partial charge in [0.1, 0.15) is 0 Å². The maximum atomic E-state index is 13.0. The normalized spacial score (nSPS) is 12.2. The van der Waals surface area contributed by atoms with E-state index in [1.54, 1.807) is 50.2 Å². The molecule has 3 aromatic carbocycles. The van der Waals surface area contributed by atoms with Gasteiger partial charge in [-0.15, -0.1) is 0 Å². The zero-order valence-corrected chi connectivity index (χ0v) is 19.6. The molecule has 0 aromatic heterocycles. The van der Waals surface area contributed by atoms with Gasteiger partial charge in [0, 0.05) is 0 Å². The van der Waals surface area contributed by atoms with E-state index in [1.165, 1.54) is 30.3 Å². The minimum absolute atomic E-state index is 0.0151. The van der Waals surface area contributed by atoms with Crippen molar-refractivity contribution >= 4 is 41.0 Å². The third kappa shape index (κ3) is 4.72. The van der Waals surface area contributed by atoms with Crippen molar-refractivity contribution in [2.75, 3.05) is 23.4 Å². The molecule has 36 heavy (non-hydrogen) atoms. The van der Waals surface area contributed by atoms with Crippen molar-refractivity contribution in [3.63, 3.8) is 0 Å². The number of amides is 3. The van der Waals surface area contributed by atoms with Gasteiger partial charge in [0.25, 0.3) is 17.7 Å². The second-order valence-electron chi connectivity index (χ2n) is 7.88. The number of hydrogen-bond donors (Lipinski definition) is 1. The van der Waals surface area contributed by atoms with Crippen LogP contribution < -0.4 is 10.2 Å². The lowest BCUT2D eigenvalue weighted by Crippen LogP contribution is -2.29. The maximum absolute atomic E-state index is 13.0. The van der Waals surface area contributed by atoms with Gasteiger partial charge in [0.05, 0.1) is 40.2 Å². The lowest BCUT2D eigenvalue weighted by Gasteiger charge is -2.16. The van der Waals surface area contributed by atoms with Crippen LogP contribution in [0.3, 0.4) is 0 Å². The molecule has 3 aromatic rings. The second-order valence-corrected chi connectivity index (χ2v) is 7.88. The highest BCUT2D eigenvalue weighted by Crippen LogP contribution is 2.31. The van der Waals surface area contributed by atoms with E-state index >= 15 is 0 Å². The summed E-state index contributed by atoms with van der Waals surface area (Å²) in [6.07, 6.45) is 0. The molecule has 0 atom stereocenters. The number of anilines is 2. The first-order chi connectivity index (χ1) is 17.3. The number of imide groups is 1. The quantitative estimate of drug-likeness (QED) is 0.399. The average molecular weight is 486 g/mol. The fraction of sp³-hybridized carbons (Fsp3) is 0.148. The first-order valence-corrected chi connectivity index (χ1v) is 11.1. The van der Waals surface area contributed by atoms with Crippen LogP contribution in [0.25, 0.3) is 0 Å². The van der Waals surface area contributed by atoms with Crippen molar-refractivity contribution in [2.45, 2.75) is 13.8 Å². The summed E-state index contributed by atoms with van der Waals surface area (Å²) in [4.78, 5) is 63.9. The SMILES string of the molecule is CCOC(=O)c1ccccc1NC(=O)COC(=O)c1ccc2c(c1)C(=O)N(c1ccccc1C)C2=O. The molecule has 0 saturated carbocycles. The molecule has 1 aliphatic rings. The molecule has 182 valence electrons. The van der Waals surface area contributed by atoms with Crippen LogP contribution in [-0.4, -0.2) is 42.9 Å². The number of nitrogens with zero attached hydrogens (tertiary/aromatic N) is 1. The fourth-order valence-corrected chi connectivity index (χ4v) is 3.78. The van der Waals surface area contributed by atoms with Crippen molar-refractivity contribution in [3.8, 4) is 0 Å². The second kappa shape index (κ2) is 10.2. The number of nitrogens with one attached hydrogen (secondary N) is 1. The minimum Gasteiger partial charge on any atom is -0.462 e. The van der Waals surface area contributed by atoms with E-state index in [2.05, 4.69) is 5.32 Å². The van der Waals surface area contributed by atoms with Gasteiger partial charge in [-0.3, -0.25) is 14.4 Å². The highest BCUT2D eigenvalue weighted by molar-refractivity contribution is 6.35. The van der Waals surface area contributed by atoms with Crippen LogP contribution in [0.15, 0.2) is 66.7 Å². The Morgan fingerprint density at radius 2 is 1.53 bits per heavy atom. The number of para-hydroxylation sites is 2. The van der Waals surface area contributed by atoms with E-state index in [9.17, 15) is 24.0 Å². The summed E-state index contributed by atoms with van der Waals surface area (Å²) in [5.74, 6) is -3.14. The Balaban J connectivity index is 1.44. The third-order valence-corrected chi connectivity index (χ3v) is 5.51. The van der Waals surface area contributed by atoms with E-state index in [0.717, 1.165) is 10.5 Å². The van der Waals surface area contributed by atoms with E-state index in [1.807, 2.05) is 0 Å². The summed E-state index contributed by atoms with van der Waals surface area (Å²) in [6.45, 7) is 3.00. The number of hydrogen-bond acceptors (Lipinski definition) is 7. The molecule has 0 aliphatic carbocycles. The molecule has 0 saturated heterocycles. The molecule has 0 fully saturated rings. The zero-order chi connectivity index (χ0) is 25.8. The Morgan fingerprint density at radius 1 is 0.833 bits per heavy atom. The smallest absolute Gasteiger partial charge is 0.340 e. The predicted octanol–water partition coefficient (Wildman–Crippen LogP) is 3.77. The van der Waals surface area contributed by atoms with Gasteiger partial charge in [-0.2, -0.15) is 0 Å². The largest absolute Gasteiger partial charge is 0.462 e. The Hall–Kier alpha value is -4.79. The molecule has 4 rings (SSSR count). The van der Waals surface area contributed by atoms with Crippen molar-refractivity contribution in [2.24, 2.45) is 0 Å². The molecule has 0 radical (unpaired) electrons. The maximum Gasteiger partial charge on any atom is 0.340 e. The first-order valence-electron chi connectivity index (χ1n) is 11.1. The Morgan fingerprint density at radius 3 is 2.28 bits per heavy atom. The molecule has 1 heterocycles. The summed E-state index contributed by atoms with van der Waals surface area (Å²) in [6, 6.07) is 17.3. The van der Waals surface area contributed by atoms with Gasteiger partial charge in [-0.1, -0.05) is 30.3 Å². The molecule has 9 heteroatoms. The molecule has 1 N–H and O–H groups in total. The van der Waals surface area contributed by atoms with Crippen molar-refractivity contribution in [3.05, 3.63) is 94.5 Å². The van der Waals surface area contributed by atoms with Crippen molar-refractivity contribution in [1.82, 2.24) is 0 Å². The topological polar surface area (TPSA) is 119 Å². The van der Waals surface area contributed by atoms with E-state index < -0.39 is 36.3 Å². The molecule has 3 amide bonds. The number of rotatable bonds is 7. The van der Waals surface area contributed by atoms with Gasteiger partial charge in [-0.05, 0) is 55.8 Å². The lowest BCUT2D eigenvalue weighted by molar-refractivity contribution is -0.119. The summed E-state index contributed by atoms with van der Waals surface area (Å²) < 4.78 is 10.1. The molecular weight excluding hydrogens is 464 g/mol. The molecule has 0 bridgehead atoms. The number of fused-ring (bicyclic) bond motifs is 1. The molecular formula is C27H22N2O7. The lowest BCUT2D eigenvalue weighted by atomic mass is 10.1. The monoisotopic (exact) mass is 486 g/mol. The van der Waals surface area contributed by atoms with Crippen LogP contribution in [0.2, 0.25) is 0 Å². The average Bonchev–Trinajstić information content (AvgIpc) is 3.12. The minimum atomic E-state index is -0.846. The summed E-state index contributed by atoms with van der Waals surface area (Å²) in [5, 5.41) is 2.52. The Labute approximate surface area is 206 Å². The predicted molar refractivity (Wildman–Crippen MR) is 130 cm³/mol. The standard InChI is InChI=1S/C27H22N2O7/c1-3-35-27(34)19-9-5-6-10-21(19)28-23(30)15-36-26(33)17-12-13-18-20(14-17)25(32)29(24(18)31)22-11-7-4-8-16(22)2/h4-14H,3,15H2,1-2H3,(H,28,30). The Bertz CT molecular complexity index is 1400. The highest BCUT2D eigenvalue weighted by atomic mass is 16.5. The van der Waals surface area contributed by atoms with Crippen LogP contribution in [-0.2, 0) is 14.3 Å². The fourth-order valence-electron chi connectivity index (χ4n) is 3.78. The summed E-state index contributed by atoms with van der Waals surface area (Å²) >= 11 is 0. The van der Waals surface area contributed by atoms with Gasteiger partial charge in [-0.25, -0.2) is 14.5 Å². The van der Waals surface area contributed by atoms with Crippen molar-refractivity contribution in [1.29, 1.82) is 0 Å². The Kier molecular flexibility index (Phi) is 6.91. The third-order valence-electron chi connectivity index (χ3n) is 5.51. The number of carbonyl (C=O) groups is 5. The van der Waals surface area contributed by atoms with Gasteiger partial charge in [0.15, 0.2) is 6.61 Å². The number of benzene rings is 3. The number of carbonyl (C=O) groups excluding carboxylic acids is 5. The van der Waals surface area contributed by atoms with E-state index in [0.29, 0.717) is 5.69 Å². The zero-order valence-electron chi connectivity index (χ0n) is 19.6. The van der Waals surface area contributed by atoms with Crippen molar-refractivity contribution < 1.29 is 33.4 Å². The van der Waals surface area contributed by atoms with Crippen LogP contribution >= 0.6 is 0 Å². The first kappa shape index (κ1) is 24.3. The van der Waals surface area contributed by atoms with Crippen LogP contribution in [0.4, 0.5) is 11.4 Å². The molecule has 1 aliphatic heterocycles. The van der Waals surface area contributed by atoms with E-state index in [4.69, 9.17) is 9.47 Å². The summed E-state index contributed by atoms with van der Waals surface area (Å²) in [7, 11) is 0. The number of ether oxygens (including phenoxy) is 2. The van der Waals surface area contributed by atoms with Gasteiger partial charge < -0.3 is 14.8 Å². The van der Waals surface area contributed by atoms with Crippen LogP contribution in [0.5, 0.6) is 0 Å². The highest BCUT2D eigenvalue weighted by Gasteiger charge is 2.37. The molecule has 9 nitrogen and oxygen atoms in total. The van der Waals surface area contributed by atoms with Crippen LogP contribution in [0, 0.1) is 6.92 Å².